The van der Waals surface area contributed by atoms with Crippen LogP contribution in [0.1, 0.15) is 103 Å². The Balaban J connectivity index is 2.22. The summed E-state index contributed by atoms with van der Waals surface area (Å²) in [5.41, 5.74) is 1.69. The molecular formula is C33H46O6. The highest BCUT2D eigenvalue weighted by molar-refractivity contribution is 6.07. The van der Waals surface area contributed by atoms with Crippen molar-refractivity contribution in [2.24, 2.45) is 5.41 Å². The second kappa shape index (κ2) is 14.8. The van der Waals surface area contributed by atoms with Gasteiger partial charge in [-0.2, -0.15) is 0 Å². The summed E-state index contributed by atoms with van der Waals surface area (Å²) in [5.74, 6) is 1.57. The molecule has 0 bridgehead atoms. The van der Waals surface area contributed by atoms with Crippen LogP contribution in [0.15, 0.2) is 42.5 Å². The Labute approximate surface area is 234 Å². The van der Waals surface area contributed by atoms with Gasteiger partial charge in [0.15, 0.2) is 5.78 Å². The molecule has 0 saturated heterocycles. The molecule has 0 radical (unpaired) electrons. The molecule has 6 nitrogen and oxygen atoms in total. The molecule has 0 unspecified atom stereocenters. The fraction of sp³-hybridized carbons (Fsp3) is 0.515. The summed E-state index contributed by atoms with van der Waals surface area (Å²) < 4.78 is 22.9. The van der Waals surface area contributed by atoms with Crippen molar-refractivity contribution < 1.29 is 28.5 Å². The van der Waals surface area contributed by atoms with E-state index in [1.165, 1.54) is 0 Å². The largest absolute Gasteiger partial charge is 0.493 e. The number of hydrogen-bond acceptors (Lipinski definition) is 6. The Morgan fingerprint density at radius 3 is 1.92 bits per heavy atom. The lowest BCUT2D eigenvalue weighted by Crippen LogP contribution is -2.24. The first-order chi connectivity index (χ1) is 18.4. The Hall–Kier alpha value is -3.28. The number of carbonyl (C=O) groups is 2. The van der Waals surface area contributed by atoms with Gasteiger partial charge in [0.05, 0.1) is 18.6 Å². The van der Waals surface area contributed by atoms with E-state index in [0.29, 0.717) is 30.3 Å². The molecule has 0 aliphatic rings. The Morgan fingerprint density at radius 1 is 0.795 bits per heavy atom. The molecule has 0 N–H and O–H groups in total. The second-order valence-electron chi connectivity index (χ2n) is 11.7. The monoisotopic (exact) mass is 538 g/mol. The van der Waals surface area contributed by atoms with Crippen molar-refractivity contribution in [2.75, 3.05) is 20.0 Å². The maximum Gasteiger partial charge on any atom is 0.314 e. The summed E-state index contributed by atoms with van der Waals surface area (Å²) in [7, 11) is 0. The van der Waals surface area contributed by atoms with Crippen molar-refractivity contribution >= 4 is 17.8 Å². The standard InChI is InChI=1S/C33H46O6/c1-9-11-19-36-29-22-30(37-20-12-10-2)27(32(3,4)5)21-25(29)15-18-28(34)24-13-16-26(17-14-24)38-23-39-31(35)33(6,7)8/h13-18,21-22H,9-12,19-20,23H2,1-8H3/b18-15+. The zero-order valence-corrected chi connectivity index (χ0v) is 25.0. The Kier molecular flexibility index (Phi) is 12.1. The lowest BCUT2D eigenvalue weighted by molar-refractivity contribution is -0.159. The first kappa shape index (κ1) is 31.9. The van der Waals surface area contributed by atoms with Gasteiger partial charge in [0.2, 0.25) is 6.79 Å². The molecule has 0 aromatic heterocycles. The molecule has 39 heavy (non-hydrogen) atoms. The third-order valence-corrected chi connectivity index (χ3v) is 6.01. The van der Waals surface area contributed by atoms with Crippen LogP contribution in [0.25, 0.3) is 6.08 Å². The lowest BCUT2D eigenvalue weighted by Gasteiger charge is -2.25. The van der Waals surface area contributed by atoms with Crippen LogP contribution < -0.4 is 14.2 Å². The van der Waals surface area contributed by atoms with Gasteiger partial charge in [-0.15, -0.1) is 0 Å². The fourth-order valence-corrected chi connectivity index (χ4v) is 3.54. The lowest BCUT2D eigenvalue weighted by atomic mass is 9.85. The average molecular weight is 539 g/mol. The summed E-state index contributed by atoms with van der Waals surface area (Å²) in [6.45, 7) is 17.1. The third-order valence-electron chi connectivity index (χ3n) is 6.01. The van der Waals surface area contributed by atoms with Crippen molar-refractivity contribution in [2.45, 2.75) is 86.5 Å². The van der Waals surface area contributed by atoms with E-state index in [2.05, 4.69) is 40.7 Å². The minimum absolute atomic E-state index is 0.138. The molecule has 2 aromatic carbocycles. The number of esters is 1. The summed E-state index contributed by atoms with van der Waals surface area (Å²) in [6.07, 6.45) is 7.39. The Bertz CT molecular complexity index is 1100. The topological polar surface area (TPSA) is 71.1 Å². The van der Waals surface area contributed by atoms with Crippen molar-refractivity contribution in [1.29, 1.82) is 0 Å². The van der Waals surface area contributed by atoms with E-state index < -0.39 is 5.41 Å². The van der Waals surface area contributed by atoms with Crippen LogP contribution >= 0.6 is 0 Å². The van der Waals surface area contributed by atoms with Crippen molar-refractivity contribution in [1.82, 2.24) is 0 Å². The highest BCUT2D eigenvalue weighted by atomic mass is 16.7. The van der Waals surface area contributed by atoms with Crippen molar-refractivity contribution in [3.05, 3.63) is 59.2 Å². The number of rotatable bonds is 14. The van der Waals surface area contributed by atoms with Gasteiger partial charge < -0.3 is 18.9 Å². The number of benzene rings is 2. The number of ketones is 1. The smallest absolute Gasteiger partial charge is 0.314 e. The number of allylic oxidation sites excluding steroid dienone is 1. The molecule has 0 atom stereocenters. The molecule has 2 rings (SSSR count). The molecule has 0 amide bonds. The van der Waals surface area contributed by atoms with Gasteiger partial charge in [-0.1, -0.05) is 47.5 Å². The number of unbranched alkanes of at least 4 members (excludes halogenated alkanes) is 2. The van der Waals surface area contributed by atoms with Gasteiger partial charge in [0.1, 0.15) is 17.2 Å². The van der Waals surface area contributed by atoms with Crippen LogP contribution in [0.2, 0.25) is 0 Å². The van der Waals surface area contributed by atoms with Crippen LogP contribution in [0.3, 0.4) is 0 Å². The minimum Gasteiger partial charge on any atom is -0.493 e. The fourth-order valence-electron chi connectivity index (χ4n) is 3.54. The molecule has 6 heteroatoms. The predicted octanol–water partition coefficient (Wildman–Crippen LogP) is 8.16. The summed E-state index contributed by atoms with van der Waals surface area (Å²) in [4.78, 5) is 24.8. The molecule has 2 aromatic rings. The van der Waals surface area contributed by atoms with Crippen LogP contribution in [0, 0.1) is 5.41 Å². The molecule has 0 aliphatic carbocycles. The molecule has 0 heterocycles. The van der Waals surface area contributed by atoms with Gasteiger partial charge in [-0.3, -0.25) is 9.59 Å². The zero-order chi connectivity index (χ0) is 29.1. The van der Waals surface area contributed by atoms with E-state index in [0.717, 1.165) is 42.6 Å². The highest BCUT2D eigenvalue weighted by Gasteiger charge is 2.23. The van der Waals surface area contributed by atoms with Crippen LogP contribution in [-0.2, 0) is 14.9 Å². The van der Waals surface area contributed by atoms with Crippen LogP contribution in [-0.4, -0.2) is 31.8 Å². The summed E-state index contributed by atoms with van der Waals surface area (Å²) in [5, 5.41) is 0. The quantitative estimate of drug-likeness (QED) is 0.0794. The van der Waals surface area contributed by atoms with Gasteiger partial charge in [-0.25, -0.2) is 0 Å². The number of hydrogen-bond donors (Lipinski definition) is 0. The van der Waals surface area contributed by atoms with E-state index in [-0.39, 0.29) is 24.0 Å². The highest BCUT2D eigenvalue weighted by Crippen LogP contribution is 2.38. The summed E-state index contributed by atoms with van der Waals surface area (Å²) in [6, 6.07) is 10.8. The first-order valence-electron chi connectivity index (χ1n) is 13.9. The van der Waals surface area contributed by atoms with Crippen molar-refractivity contribution in [3.8, 4) is 17.2 Å². The molecule has 214 valence electrons. The van der Waals surface area contributed by atoms with Gasteiger partial charge in [0, 0.05) is 22.8 Å². The number of ether oxygens (including phenoxy) is 4. The zero-order valence-electron chi connectivity index (χ0n) is 25.0. The molecular weight excluding hydrogens is 492 g/mol. The SMILES string of the molecule is CCCCOc1cc(OCCCC)c(C(C)(C)C)cc1/C=C/C(=O)c1ccc(OCOC(=O)C(C)(C)C)cc1. The second-order valence-corrected chi connectivity index (χ2v) is 11.7. The first-order valence-corrected chi connectivity index (χ1v) is 13.9. The van der Waals surface area contributed by atoms with Crippen LogP contribution in [0.5, 0.6) is 17.2 Å². The average Bonchev–Trinajstić information content (AvgIpc) is 2.87. The predicted molar refractivity (Wildman–Crippen MR) is 157 cm³/mol. The van der Waals surface area contributed by atoms with Gasteiger partial charge in [0.25, 0.3) is 0 Å². The molecule has 0 saturated carbocycles. The third kappa shape index (κ3) is 10.4. The normalized spacial score (nSPS) is 11.9. The van der Waals surface area contributed by atoms with E-state index in [1.54, 1.807) is 51.1 Å². The maximum atomic E-state index is 13.0. The summed E-state index contributed by atoms with van der Waals surface area (Å²) >= 11 is 0. The van der Waals surface area contributed by atoms with Gasteiger partial charge in [-0.05, 0) is 81.5 Å². The van der Waals surface area contributed by atoms with E-state index in [4.69, 9.17) is 18.9 Å². The number of carbonyl (C=O) groups excluding carboxylic acids is 2. The molecule has 0 aliphatic heterocycles. The van der Waals surface area contributed by atoms with Crippen molar-refractivity contribution in [3.63, 3.8) is 0 Å². The van der Waals surface area contributed by atoms with Gasteiger partial charge >= 0.3 is 5.97 Å². The van der Waals surface area contributed by atoms with E-state index in [1.807, 2.05) is 12.1 Å². The van der Waals surface area contributed by atoms with Crippen LogP contribution in [0.4, 0.5) is 0 Å². The Morgan fingerprint density at radius 2 is 1.38 bits per heavy atom. The minimum atomic E-state index is -0.594. The molecule has 0 fully saturated rings. The molecule has 0 spiro atoms. The maximum absolute atomic E-state index is 13.0. The van der Waals surface area contributed by atoms with E-state index in [9.17, 15) is 9.59 Å². The van der Waals surface area contributed by atoms with E-state index >= 15 is 0 Å².